The fourth-order valence-electron chi connectivity index (χ4n) is 1.88. The van der Waals surface area contributed by atoms with Gasteiger partial charge in [0, 0.05) is 11.1 Å². The Hall–Kier alpha value is -2.13. The number of nitrogens with zero attached hydrogens (tertiary/aromatic N) is 1. The quantitative estimate of drug-likeness (QED) is 0.439. The van der Waals surface area contributed by atoms with E-state index in [0.29, 0.717) is 10.5 Å². The van der Waals surface area contributed by atoms with E-state index < -0.39 is 30.7 Å². The van der Waals surface area contributed by atoms with E-state index in [1.165, 1.54) is 18.2 Å². The molecule has 2 rings (SSSR count). The topological polar surface area (TPSA) is 125 Å². The Balaban J connectivity index is 2.03. The number of hydrogen-bond donors (Lipinski definition) is 2. The summed E-state index contributed by atoms with van der Waals surface area (Å²) in [6, 6.07) is 1.82. The Bertz CT molecular complexity index is 807. The van der Waals surface area contributed by atoms with Gasteiger partial charge in [-0.05, 0) is 12.1 Å². The molecular formula is C15H14Cl2N2O6. The highest BCUT2D eigenvalue weighted by atomic mass is 35.5. The zero-order valence-electron chi connectivity index (χ0n) is 12.8. The molecule has 8 nitrogen and oxygen atoms in total. The number of aliphatic hydroxyl groups excluding tert-OH is 1. The summed E-state index contributed by atoms with van der Waals surface area (Å²) < 4.78 is 14.2. The second-order valence-corrected chi connectivity index (χ2v) is 5.77. The Labute approximate surface area is 152 Å². The van der Waals surface area contributed by atoms with Crippen LogP contribution < -0.4 is 5.73 Å². The van der Waals surface area contributed by atoms with Crippen molar-refractivity contribution in [2.24, 2.45) is 5.73 Å². The maximum absolute atomic E-state index is 11.6. The smallest absolute Gasteiger partial charge is 0.436 e. The van der Waals surface area contributed by atoms with Crippen molar-refractivity contribution in [3.05, 3.63) is 40.7 Å². The summed E-state index contributed by atoms with van der Waals surface area (Å²) in [7, 11) is 0. The third-order valence-corrected chi connectivity index (χ3v) is 3.50. The zero-order chi connectivity index (χ0) is 18.6. The van der Waals surface area contributed by atoms with Crippen molar-refractivity contribution in [3.8, 4) is 0 Å². The molecule has 0 aliphatic carbocycles. The number of rotatable bonds is 6. The molecule has 3 N–H and O–H groups in total. The van der Waals surface area contributed by atoms with Gasteiger partial charge in [0.25, 0.3) is 0 Å². The highest BCUT2D eigenvalue weighted by Gasteiger charge is 2.27. The number of carbonyl (C=O) groups is 2. The molecule has 0 amide bonds. The first-order valence-corrected chi connectivity index (χ1v) is 7.75. The highest BCUT2D eigenvalue weighted by molar-refractivity contribution is 6.37. The van der Waals surface area contributed by atoms with Crippen LogP contribution in [0, 0.1) is 0 Å². The number of oxazole rings is 1. The minimum Gasteiger partial charge on any atom is -0.436 e. The third-order valence-electron chi connectivity index (χ3n) is 3.00. The number of halogens is 2. The van der Waals surface area contributed by atoms with Crippen molar-refractivity contribution in [1.82, 2.24) is 4.98 Å². The monoisotopic (exact) mass is 388 g/mol. The second-order valence-electron chi connectivity index (χ2n) is 4.92. The zero-order valence-corrected chi connectivity index (χ0v) is 14.3. The predicted molar refractivity (Wildman–Crippen MR) is 89.2 cm³/mol. The Kier molecular flexibility index (Phi) is 6.38. The number of fused-ring (bicyclic) bond motifs is 1. The molecule has 0 saturated carbocycles. The van der Waals surface area contributed by atoms with Crippen LogP contribution in [0.3, 0.4) is 0 Å². The van der Waals surface area contributed by atoms with E-state index in [-0.39, 0.29) is 23.1 Å². The molecule has 1 heterocycles. The lowest BCUT2D eigenvalue weighted by Crippen LogP contribution is -2.32. The molecule has 2 aromatic rings. The summed E-state index contributed by atoms with van der Waals surface area (Å²) in [4.78, 5) is 26.8. The summed E-state index contributed by atoms with van der Waals surface area (Å²) in [6.45, 7) is 3.24. The number of esters is 1. The van der Waals surface area contributed by atoms with E-state index >= 15 is 0 Å². The summed E-state index contributed by atoms with van der Waals surface area (Å²) in [5.74, 6) is -1.12. The summed E-state index contributed by atoms with van der Waals surface area (Å²) in [5.41, 5.74) is 6.29. The van der Waals surface area contributed by atoms with Crippen molar-refractivity contribution in [2.75, 3.05) is 6.61 Å². The summed E-state index contributed by atoms with van der Waals surface area (Å²) in [6.07, 6.45) is -1.78. The van der Waals surface area contributed by atoms with E-state index in [9.17, 15) is 14.7 Å². The van der Waals surface area contributed by atoms with E-state index in [2.05, 4.69) is 21.0 Å². The number of benzene rings is 1. The molecule has 1 aromatic heterocycles. The van der Waals surface area contributed by atoms with Gasteiger partial charge in [0.05, 0.1) is 11.4 Å². The van der Waals surface area contributed by atoms with E-state index in [0.717, 1.165) is 0 Å². The van der Waals surface area contributed by atoms with E-state index in [4.69, 9.17) is 33.4 Å². The summed E-state index contributed by atoms with van der Waals surface area (Å²) >= 11 is 11.8. The molecule has 0 aliphatic rings. The SMILES string of the molecule is C=CCOC(=O)OC(=O)CC(N)C(O)c1nc2cc(Cl)cc(Cl)c2o1. The van der Waals surface area contributed by atoms with Crippen LogP contribution in [0.2, 0.25) is 10.0 Å². The molecule has 0 fully saturated rings. The highest BCUT2D eigenvalue weighted by Crippen LogP contribution is 2.30. The van der Waals surface area contributed by atoms with E-state index in [1.807, 2.05) is 0 Å². The van der Waals surface area contributed by atoms with Gasteiger partial charge < -0.3 is 24.7 Å². The van der Waals surface area contributed by atoms with Crippen LogP contribution in [-0.4, -0.2) is 34.9 Å². The van der Waals surface area contributed by atoms with Gasteiger partial charge in [-0.15, -0.1) is 0 Å². The lowest BCUT2D eigenvalue weighted by atomic mass is 10.1. The first-order chi connectivity index (χ1) is 11.8. The van der Waals surface area contributed by atoms with Gasteiger partial charge in [0.2, 0.25) is 5.89 Å². The van der Waals surface area contributed by atoms with Gasteiger partial charge in [-0.2, -0.15) is 0 Å². The van der Waals surface area contributed by atoms with Gasteiger partial charge in [0.15, 0.2) is 5.58 Å². The molecule has 1 aromatic carbocycles. The second kappa shape index (κ2) is 8.30. The maximum atomic E-state index is 11.6. The fraction of sp³-hybridized carbons (Fsp3) is 0.267. The predicted octanol–water partition coefficient (Wildman–Crippen LogP) is 2.75. The molecule has 0 saturated heterocycles. The third kappa shape index (κ3) is 4.93. The lowest BCUT2D eigenvalue weighted by Gasteiger charge is -2.14. The molecule has 10 heteroatoms. The van der Waals surface area contributed by atoms with Crippen molar-refractivity contribution in [1.29, 1.82) is 0 Å². The van der Waals surface area contributed by atoms with Gasteiger partial charge >= 0.3 is 12.1 Å². The van der Waals surface area contributed by atoms with Crippen LogP contribution in [-0.2, 0) is 14.3 Å². The largest absolute Gasteiger partial charge is 0.516 e. The normalized spacial score (nSPS) is 13.3. The van der Waals surface area contributed by atoms with Crippen molar-refractivity contribution in [2.45, 2.75) is 18.6 Å². The Morgan fingerprint density at radius 2 is 2.16 bits per heavy atom. The van der Waals surface area contributed by atoms with Gasteiger partial charge in [0.1, 0.15) is 18.2 Å². The molecule has 2 unspecified atom stereocenters. The van der Waals surface area contributed by atoms with Gasteiger partial charge in [-0.3, -0.25) is 4.79 Å². The Morgan fingerprint density at radius 3 is 2.84 bits per heavy atom. The van der Waals surface area contributed by atoms with E-state index in [1.54, 1.807) is 0 Å². The molecule has 2 atom stereocenters. The average molecular weight is 389 g/mol. The molecular weight excluding hydrogens is 375 g/mol. The molecule has 0 aliphatic heterocycles. The molecule has 0 radical (unpaired) electrons. The number of hydrogen-bond acceptors (Lipinski definition) is 8. The van der Waals surface area contributed by atoms with Gasteiger partial charge in [-0.1, -0.05) is 35.9 Å². The molecule has 134 valence electrons. The fourth-order valence-corrected chi connectivity index (χ4v) is 2.40. The molecule has 25 heavy (non-hydrogen) atoms. The van der Waals surface area contributed by atoms with Gasteiger partial charge in [-0.25, -0.2) is 9.78 Å². The van der Waals surface area contributed by atoms with Crippen LogP contribution in [0.1, 0.15) is 18.4 Å². The van der Waals surface area contributed by atoms with Crippen LogP contribution in [0.25, 0.3) is 11.1 Å². The average Bonchev–Trinajstić information content (AvgIpc) is 2.96. The van der Waals surface area contributed by atoms with Crippen LogP contribution >= 0.6 is 23.2 Å². The van der Waals surface area contributed by atoms with Crippen LogP contribution in [0.15, 0.2) is 29.2 Å². The van der Waals surface area contributed by atoms with Crippen molar-refractivity contribution < 1.29 is 28.6 Å². The van der Waals surface area contributed by atoms with Crippen molar-refractivity contribution in [3.63, 3.8) is 0 Å². The number of aliphatic hydroxyl groups is 1. The van der Waals surface area contributed by atoms with Crippen molar-refractivity contribution >= 4 is 46.4 Å². The Morgan fingerprint density at radius 1 is 1.44 bits per heavy atom. The summed E-state index contributed by atoms with van der Waals surface area (Å²) in [5, 5.41) is 10.7. The first kappa shape index (κ1) is 19.2. The molecule has 0 spiro atoms. The first-order valence-electron chi connectivity index (χ1n) is 6.99. The lowest BCUT2D eigenvalue weighted by molar-refractivity contribution is -0.140. The van der Waals surface area contributed by atoms with Crippen LogP contribution in [0.5, 0.6) is 0 Å². The minimum absolute atomic E-state index is 0.104. The number of ether oxygens (including phenoxy) is 2. The molecule has 0 bridgehead atoms. The number of nitrogens with two attached hydrogens (primary N) is 1. The maximum Gasteiger partial charge on any atom is 0.516 e. The number of carbonyl (C=O) groups excluding carboxylic acids is 2. The minimum atomic E-state index is -1.43. The van der Waals surface area contributed by atoms with Crippen LogP contribution in [0.4, 0.5) is 4.79 Å². The number of aromatic nitrogens is 1. The standard InChI is InChI=1S/C15H14Cl2N2O6/c1-2-3-23-15(22)24-11(20)6-9(18)12(21)14-19-10-5-7(16)4-8(17)13(10)25-14/h2,4-5,9,12,21H,1,3,6,18H2.